The first kappa shape index (κ1) is 21.2. The third kappa shape index (κ3) is 3.10. The average molecular weight is 398 g/mol. The Bertz CT molecular complexity index is 549. The number of rotatable bonds is 5. The lowest BCUT2D eigenvalue weighted by Gasteiger charge is -2.44. The SMILES string of the molecule is OC[C@H]1O[C@](O)(C2[C@H](O)[C@@H](CO)O[C@@]2(O)[C@]2(O)C[C@H](O)[C@@H](CO)O2)C[C@@H]1O. The predicted octanol–water partition coefficient (Wildman–Crippen LogP) is -5.30. The molecule has 3 heterocycles. The standard InChI is InChI=1S/C15H26O12/c16-3-8-6(19)1-13(22,25-8)12-11(21)10(5-18)27-15(12,24)14(23)2-7(20)9(4-17)26-14/h6-12,16-24H,1-5H2/t6-,7-,8+,9+,10+,11+,12?,13-,14-,15+/m0/s1. The second-order valence-corrected chi connectivity index (χ2v) is 7.35. The van der Waals surface area contributed by atoms with Crippen molar-refractivity contribution in [3.63, 3.8) is 0 Å². The van der Waals surface area contributed by atoms with E-state index in [0.717, 1.165) is 0 Å². The van der Waals surface area contributed by atoms with Crippen LogP contribution in [0.5, 0.6) is 0 Å². The van der Waals surface area contributed by atoms with Gasteiger partial charge < -0.3 is 60.2 Å². The molecular formula is C15H26O12. The third-order valence-corrected chi connectivity index (χ3v) is 5.61. The minimum absolute atomic E-state index is 0.550. The van der Waals surface area contributed by atoms with Crippen LogP contribution in [0.1, 0.15) is 12.8 Å². The lowest BCUT2D eigenvalue weighted by molar-refractivity contribution is -0.411. The maximum absolute atomic E-state index is 11.1. The molecule has 10 atom stereocenters. The van der Waals surface area contributed by atoms with Gasteiger partial charge in [-0.15, -0.1) is 0 Å². The summed E-state index contributed by atoms with van der Waals surface area (Å²) in [4.78, 5) is 0. The molecule has 158 valence electrons. The first-order valence-corrected chi connectivity index (χ1v) is 8.62. The van der Waals surface area contributed by atoms with Crippen LogP contribution in [-0.4, -0.2) is 120 Å². The molecule has 0 aromatic rings. The highest BCUT2D eigenvalue weighted by atomic mass is 16.7. The average Bonchev–Trinajstić information content (AvgIpc) is 3.18. The van der Waals surface area contributed by atoms with Gasteiger partial charge in [0.25, 0.3) is 0 Å². The Morgan fingerprint density at radius 1 is 0.704 bits per heavy atom. The number of hydrogen-bond donors (Lipinski definition) is 9. The molecule has 0 bridgehead atoms. The Morgan fingerprint density at radius 2 is 1.22 bits per heavy atom. The summed E-state index contributed by atoms with van der Waals surface area (Å²) in [5.74, 6) is -9.89. The number of hydrogen-bond acceptors (Lipinski definition) is 12. The van der Waals surface area contributed by atoms with Crippen LogP contribution in [0.2, 0.25) is 0 Å². The molecule has 0 amide bonds. The molecule has 0 aromatic heterocycles. The Balaban J connectivity index is 2.00. The molecule has 0 aromatic carbocycles. The Labute approximate surface area is 153 Å². The van der Waals surface area contributed by atoms with Crippen molar-refractivity contribution in [1.29, 1.82) is 0 Å². The van der Waals surface area contributed by atoms with Crippen molar-refractivity contribution in [2.75, 3.05) is 19.8 Å². The van der Waals surface area contributed by atoms with E-state index in [4.69, 9.17) is 14.2 Å². The van der Waals surface area contributed by atoms with Crippen molar-refractivity contribution < 1.29 is 60.2 Å². The smallest absolute Gasteiger partial charge is 0.232 e. The predicted molar refractivity (Wildman–Crippen MR) is 81.5 cm³/mol. The van der Waals surface area contributed by atoms with E-state index >= 15 is 0 Å². The van der Waals surface area contributed by atoms with Crippen molar-refractivity contribution in [1.82, 2.24) is 0 Å². The third-order valence-electron chi connectivity index (χ3n) is 5.61. The zero-order valence-electron chi connectivity index (χ0n) is 14.3. The van der Waals surface area contributed by atoms with E-state index in [0.29, 0.717) is 0 Å². The van der Waals surface area contributed by atoms with Crippen LogP contribution in [-0.2, 0) is 14.2 Å². The van der Waals surface area contributed by atoms with Gasteiger partial charge in [-0.1, -0.05) is 0 Å². The van der Waals surface area contributed by atoms with Crippen LogP contribution in [0.4, 0.5) is 0 Å². The van der Waals surface area contributed by atoms with Gasteiger partial charge in [-0.3, -0.25) is 0 Å². The van der Waals surface area contributed by atoms with Crippen LogP contribution >= 0.6 is 0 Å². The molecule has 0 radical (unpaired) electrons. The maximum atomic E-state index is 11.1. The van der Waals surface area contributed by atoms with E-state index in [9.17, 15) is 46.0 Å². The summed E-state index contributed by atoms with van der Waals surface area (Å²) in [5.41, 5.74) is 0. The van der Waals surface area contributed by atoms with Crippen LogP contribution in [0.15, 0.2) is 0 Å². The van der Waals surface area contributed by atoms with Gasteiger partial charge in [0.15, 0.2) is 5.79 Å². The largest absolute Gasteiger partial charge is 0.394 e. The van der Waals surface area contributed by atoms with Gasteiger partial charge in [-0.25, -0.2) is 0 Å². The molecule has 12 heteroatoms. The Morgan fingerprint density at radius 3 is 1.70 bits per heavy atom. The van der Waals surface area contributed by atoms with Crippen molar-refractivity contribution in [2.45, 2.75) is 66.8 Å². The summed E-state index contributed by atoms with van der Waals surface area (Å²) in [5, 5.41) is 91.2. The molecule has 0 spiro atoms. The van der Waals surface area contributed by atoms with E-state index in [2.05, 4.69) is 0 Å². The van der Waals surface area contributed by atoms with E-state index < -0.39 is 92.6 Å². The number of aliphatic hydroxyl groups excluding tert-OH is 6. The number of aliphatic hydroxyl groups is 9. The quantitative estimate of drug-likeness (QED) is 0.213. The van der Waals surface area contributed by atoms with Gasteiger partial charge >= 0.3 is 0 Å². The summed E-state index contributed by atoms with van der Waals surface area (Å²) < 4.78 is 15.6. The van der Waals surface area contributed by atoms with Crippen LogP contribution in [0, 0.1) is 5.92 Å². The van der Waals surface area contributed by atoms with Crippen molar-refractivity contribution in [3.8, 4) is 0 Å². The first-order valence-electron chi connectivity index (χ1n) is 8.62. The summed E-state index contributed by atoms with van der Waals surface area (Å²) in [6.07, 6.45) is -9.67. The fraction of sp³-hybridized carbons (Fsp3) is 1.00. The molecule has 9 N–H and O–H groups in total. The molecule has 3 fully saturated rings. The molecule has 3 aliphatic rings. The Kier molecular flexibility index (Phi) is 5.58. The van der Waals surface area contributed by atoms with Gasteiger partial charge in [0.2, 0.25) is 11.6 Å². The van der Waals surface area contributed by atoms with Gasteiger partial charge in [0.1, 0.15) is 24.2 Å². The molecule has 27 heavy (non-hydrogen) atoms. The van der Waals surface area contributed by atoms with Gasteiger partial charge in [0, 0.05) is 12.8 Å². The molecule has 0 aliphatic carbocycles. The van der Waals surface area contributed by atoms with Gasteiger partial charge in [0.05, 0.1) is 38.1 Å². The van der Waals surface area contributed by atoms with E-state index in [1.807, 2.05) is 0 Å². The highest BCUT2D eigenvalue weighted by Crippen LogP contribution is 2.54. The minimum Gasteiger partial charge on any atom is -0.394 e. The minimum atomic E-state index is -2.89. The molecule has 3 aliphatic heterocycles. The molecule has 3 rings (SSSR count). The van der Waals surface area contributed by atoms with E-state index in [-0.39, 0.29) is 0 Å². The van der Waals surface area contributed by atoms with Gasteiger partial charge in [-0.2, -0.15) is 0 Å². The lowest BCUT2D eigenvalue weighted by atomic mass is 9.79. The summed E-state index contributed by atoms with van der Waals surface area (Å²) in [6.45, 7) is -2.16. The highest BCUT2D eigenvalue weighted by molar-refractivity contribution is 5.12. The fourth-order valence-corrected chi connectivity index (χ4v) is 4.23. The highest BCUT2D eigenvalue weighted by Gasteiger charge is 2.74. The summed E-state index contributed by atoms with van der Waals surface area (Å²) in [6, 6.07) is 0. The second-order valence-electron chi connectivity index (χ2n) is 7.35. The molecule has 0 saturated carbocycles. The normalized spacial score (nSPS) is 56.1. The monoisotopic (exact) mass is 398 g/mol. The zero-order valence-corrected chi connectivity index (χ0v) is 14.3. The molecule has 12 nitrogen and oxygen atoms in total. The first-order chi connectivity index (χ1) is 12.5. The molecular weight excluding hydrogens is 372 g/mol. The van der Waals surface area contributed by atoms with E-state index in [1.54, 1.807) is 0 Å². The van der Waals surface area contributed by atoms with Gasteiger partial charge in [-0.05, 0) is 0 Å². The van der Waals surface area contributed by atoms with Crippen molar-refractivity contribution >= 4 is 0 Å². The van der Waals surface area contributed by atoms with Crippen LogP contribution < -0.4 is 0 Å². The second kappa shape index (κ2) is 7.09. The maximum Gasteiger partial charge on any atom is 0.232 e. The summed E-state index contributed by atoms with van der Waals surface area (Å²) >= 11 is 0. The summed E-state index contributed by atoms with van der Waals surface area (Å²) in [7, 11) is 0. The van der Waals surface area contributed by atoms with Crippen molar-refractivity contribution in [3.05, 3.63) is 0 Å². The molecule has 1 unspecified atom stereocenters. The zero-order chi connectivity index (χ0) is 20.2. The fourth-order valence-electron chi connectivity index (χ4n) is 4.23. The number of ether oxygens (including phenoxy) is 3. The Hall–Kier alpha value is -0.480. The van der Waals surface area contributed by atoms with Crippen LogP contribution in [0.25, 0.3) is 0 Å². The lowest BCUT2D eigenvalue weighted by Crippen LogP contribution is -2.65. The van der Waals surface area contributed by atoms with E-state index in [1.165, 1.54) is 0 Å². The van der Waals surface area contributed by atoms with Crippen molar-refractivity contribution in [2.24, 2.45) is 5.92 Å². The topological polar surface area (TPSA) is 210 Å². The van der Waals surface area contributed by atoms with Crippen LogP contribution in [0.3, 0.4) is 0 Å². The molecule has 3 saturated heterocycles.